The molecule has 0 bridgehead atoms. The van der Waals surface area contributed by atoms with Crippen molar-refractivity contribution >= 4 is 28.4 Å². The number of carbonyl (C=O) groups excluding carboxylic acids is 1. The van der Waals surface area contributed by atoms with Crippen LogP contribution in [0, 0.1) is 5.82 Å². The van der Waals surface area contributed by atoms with E-state index in [9.17, 15) is 9.18 Å². The largest absolute Gasteiger partial charge is 0.354 e. The van der Waals surface area contributed by atoms with Crippen molar-refractivity contribution in [3.8, 4) is 0 Å². The van der Waals surface area contributed by atoms with Gasteiger partial charge in [0.2, 0.25) is 5.91 Å². The van der Waals surface area contributed by atoms with Crippen LogP contribution in [0.5, 0.6) is 0 Å². The van der Waals surface area contributed by atoms with E-state index in [2.05, 4.69) is 28.2 Å². The van der Waals surface area contributed by atoms with Gasteiger partial charge in [-0.25, -0.2) is 4.39 Å². The highest BCUT2D eigenvalue weighted by atomic mass is 35.5. The predicted octanol–water partition coefficient (Wildman–Crippen LogP) is 6.53. The molecule has 0 aliphatic rings. The predicted molar refractivity (Wildman–Crippen MR) is 129 cm³/mol. The topological polar surface area (TPSA) is 34.0 Å². The van der Waals surface area contributed by atoms with Gasteiger partial charge in [0.1, 0.15) is 5.82 Å². The molecule has 32 heavy (non-hydrogen) atoms. The average Bonchev–Trinajstić information content (AvgIpc) is 3.11. The van der Waals surface area contributed by atoms with E-state index in [1.54, 1.807) is 12.1 Å². The third-order valence-corrected chi connectivity index (χ3v) is 5.79. The van der Waals surface area contributed by atoms with Crippen molar-refractivity contribution in [2.75, 3.05) is 0 Å². The molecule has 3 nitrogen and oxygen atoms in total. The average molecular weight is 449 g/mol. The van der Waals surface area contributed by atoms with E-state index in [4.69, 9.17) is 11.6 Å². The summed E-state index contributed by atoms with van der Waals surface area (Å²) in [6.45, 7) is 4.53. The minimum absolute atomic E-state index is 0.000316. The van der Waals surface area contributed by atoms with Gasteiger partial charge < -0.3 is 9.88 Å². The number of rotatable bonds is 7. The van der Waals surface area contributed by atoms with Gasteiger partial charge in [0.05, 0.1) is 0 Å². The van der Waals surface area contributed by atoms with Crippen molar-refractivity contribution < 1.29 is 9.18 Å². The van der Waals surface area contributed by atoms with Crippen molar-refractivity contribution in [3.05, 3.63) is 107 Å². The lowest BCUT2D eigenvalue weighted by Gasteiger charge is -2.18. The summed E-state index contributed by atoms with van der Waals surface area (Å²) in [7, 11) is 0. The van der Waals surface area contributed by atoms with Gasteiger partial charge >= 0.3 is 0 Å². The number of para-hydroxylation sites is 1. The highest BCUT2D eigenvalue weighted by molar-refractivity contribution is 6.30. The highest BCUT2D eigenvalue weighted by Gasteiger charge is 2.23. The van der Waals surface area contributed by atoms with E-state index in [0.29, 0.717) is 18.0 Å². The van der Waals surface area contributed by atoms with Crippen LogP contribution in [0.4, 0.5) is 4.39 Å². The molecule has 0 fully saturated rings. The van der Waals surface area contributed by atoms with Crippen LogP contribution >= 0.6 is 11.6 Å². The van der Waals surface area contributed by atoms with Crippen molar-refractivity contribution in [3.63, 3.8) is 0 Å². The summed E-state index contributed by atoms with van der Waals surface area (Å²) in [6.07, 6.45) is 2.44. The van der Waals surface area contributed by atoms with E-state index in [0.717, 1.165) is 27.6 Å². The van der Waals surface area contributed by atoms with Crippen LogP contribution < -0.4 is 5.32 Å². The molecule has 1 heterocycles. The maximum Gasteiger partial charge on any atom is 0.221 e. The second-order valence-electron chi connectivity index (χ2n) is 8.39. The summed E-state index contributed by atoms with van der Waals surface area (Å²) in [5.74, 6) is -0.392. The molecule has 1 unspecified atom stereocenters. The first-order chi connectivity index (χ1) is 15.4. The van der Waals surface area contributed by atoms with Gasteiger partial charge in [0.15, 0.2) is 0 Å². The zero-order valence-corrected chi connectivity index (χ0v) is 18.9. The Labute approximate surface area is 192 Å². The SMILES string of the molecule is CC(C)NC(=O)CC(c1cccc(Cl)c1)c1cn(Cc2ccc(F)cc2)c2ccccc12. The van der Waals surface area contributed by atoms with Crippen molar-refractivity contribution in [2.24, 2.45) is 0 Å². The number of nitrogens with zero attached hydrogens (tertiary/aromatic N) is 1. The molecule has 4 aromatic rings. The maximum absolute atomic E-state index is 13.4. The summed E-state index contributed by atoms with van der Waals surface area (Å²) < 4.78 is 15.5. The summed E-state index contributed by atoms with van der Waals surface area (Å²) >= 11 is 6.30. The number of nitrogens with one attached hydrogen (secondary N) is 1. The van der Waals surface area contributed by atoms with E-state index in [-0.39, 0.29) is 23.7 Å². The Hall–Kier alpha value is -3.11. The van der Waals surface area contributed by atoms with Crippen molar-refractivity contribution in [1.29, 1.82) is 0 Å². The zero-order chi connectivity index (χ0) is 22.7. The van der Waals surface area contributed by atoms with Crippen molar-refractivity contribution in [2.45, 2.75) is 38.8 Å². The van der Waals surface area contributed by atoms with Gasteiger partial charge in [-0.15, -0.1) is 0 Å². The first-order valence-electron chi connectivity index (χ1n) is 10.8. The van der Waals surface area contributed by atoms with Gasteiger partial charge in [-0.05, 0) is 60.9 Å². The summed E-state index contributed by atoms with van der Waals surface area (Å²) in [5, 5.41) is 4.75. The number of fused-ring (bicyclic) bond motifs is 1. The summed E-state index contributed by atoms with van der Waals surface area (Å²) in [5.41, 5.74) is 4.16. The third kappa shape index (κ3) is 5.03. The molecule has 3 aromatic carbocycles. The standard InChI is InChI=1S/C27H26ClFN2O/c1-18(2)30-27(32)15-24(20-6-5-7-21(28)14-20)25-17-31(26-9-4-3-8-23(25)26)16-19-10-12-22(29)13-11-19/h3-14,17-18,24H,15-16H2,1-2H3,(H,30,32). The molecule has 1 amide bonds. The molecule has 0 saturated carbocycles. The van der Waals surface area contributed by atoms with Gasteiger partial charge in [-0.3, -0.25) is 4.79 Å². The van der Waals surface area contributed by atoms with Gasteiger partial charge in [0.25, 0.3) is 0 Å². The highest BCUT2D eigenvalue weighted by Crippen LogP contribution is 2.36. The Bertz CT molecular complexity index is 1230. The van der Waals surface area contributed by atoms with Crippen LogP contribution in [0.25, 0.3) is 10.9 Å². The van der Waals surface area contributed by atoms with Crippen LogP contribution in [0.2, 0.25) is 5.02 Å². The monoisotopic (exact) mass is 448 g/mol. The minimum atomic E-state index is -0.246. The number of hydrogen-bond donors (Lipinski definition) is 1. The number of benzene rings is 3. The second-order valence-corrected chi connectivity index (χ2v) is 8.83. The van der Waals surface area contributed by atoms with Gasteiger partial charge in [-0.1, -0.05) is 54.1 Å². The lowest BCUT2D eigenvalue weighted by Crippen LogP contribution is -2.31. The fraction of sp³-hybridized carbons (Fsp3) is 0.222. The van der Waals surface area contributed by atoms with Crippen molar-refractivity contribution in [1.82, 2.24) is 9.88 Å². The first-order valence-corrected chi connectivity index (χ1v) is 11.2. The molecule has 164 valence electrons. The lowest BCUT2D eigenvalue weighted by atomic mass is 9.88. The molecule has 0 saturated heterocycles. The van der Waals surface area contributed by atoms with Crippen LogP contribution in [-0.4, -0.2) is 16.5 Å². The fourth-order valence-corrected chi connectivity index (χ4v) is 4.37. The fourth-order valence-electron chi connectivity index (χ4n) is 4.17. The molecule has 0 aliphatic heterocycles. The molecule has 0 aliphatic carbocycles. The number of amides is 1. The minimum Gasteiger partial charge on any atom is -0.354 e. The zero-order valence-electron chi connectivity index (χ0n) is 18.2. The van der Waals surface area contributed by atoms with E-state index in [1.807, 2.05) is 50.2 Å². The Balaban J connectivity index is 1.79. The molecule has 1 aromatic heterocycles. The van der Waals surface area contributed by atoms with Crippen LogP contribution in [-0.2, 0) is 11.3 Å². The number of halogens is 2. The lowest BCUT2D eigenvalue weighted by molar-refractivity contribution is -0.121. The summed E-state index contributed by atoms with van der Waals surface area (Å²) in [6, 6.07) is 22.5. The molecule has 5 heteroatoms. The molecule has 1 N–H and O–H groups in total. The third-order valence-electron chi connectivity index (χ3n) is 5.55. The van der Waals surface area contributed by atoms with Gasteiger partial charge in [-0.2, -0.15) is 0 Å². The van der Waals surface area contributed by atoms with Crippen LogP contribution in [0.1, 0.15) is 42.9 Å². The smallest absolute Gasteiger partial charge is 0.221 e. The molecule has 0 radical (unpaired) electrons. The molecular weight excluding hydrogens is 423 g/mol. The quantitative estimate of drug-likeness (QED) is 0.342. The van der Waals surface area contributed by atoms with Gasteiger partial charge in [0, 0.05) is 47.0 Å². The maximum atomic E-state index is 13.4. The Morgan fingerprint density at radius 3 is 2.50 bits per heavy atom. The number of carbonyl (C=O) groups is 1. The van der Waals surface area contributed by atoms with E-state index < -0.39 is 0 Å². The van der Waals surface area contributed by atoms with Crippen LogP contribution in [0.15, 0.2) is 79.0 Å². The van der Waals surface area contributed by atoms with E-state index >= 15 is 0 Å². The normalized spacial score (nSPS) is 12.3. The Kier molecular flexibility index (Phi) is 6.61. The number of aromatic nitrogens is 1. The Morgan fingerprint density at radius 2 is 1.78 bits per heavy atom. The molecular formula is C27H26ClFN2O. The first kappa shape index (κ1) is 22.1. The number of hydrogen-bond acceptors (Lipinski definition) is 1. The second kappa shape index (κ2) is 9.58. The summed E-state index contributed by atoms with van der Waals surface area (Å²) in [4.78, 5) is 12.8. The molecule has 4 rings (SSSR count). The Morgan fingerprint density at radius 1 is 1.03 bits per heavy atom. The molecule has 0 spiro atoms. The molecule has 1 atom stereocenters. The van der Waals surface area contributed by atoms with E-state index in [1.165, 1.54) is 12.1 Å². The van der Waals surface area contributed by atoms with Crippen LogP contribution in [0.3, 0.4) is 0 Å².